The summed E-state index contributed by atoms with van der Waals surface area (Å²) in [5.41, 5.74) is 5.57. The van der Waals surface area contributed by atoms with Crippen molar-refractivity contribution in [3.63, 3.8) is 0 Å². The Hall–Kier alpha value is -3.86. The number of nitrogens with zero attached hydrogens (tertiary/aromatic N) is 3. The van der Waals surface area contributed by atoms with E-state index >= 15 is 0 Å². The normalized spacial score (nSPS) is 14.4. The third kappa shape index (κ3) is 3.57. The predicted octanol–water partition coefficient (Wildman–Crippen LogP) is 4.68. The van der Waals surface area contributed by atoms with E-state index in [4.69, 9.17) is 0 Å². The molecule has 0 fully saturated rings. The van der Waals surface area contributed by atoms with Crippen molar-refractivity contribution >= 4 is 28.5 Å². The lowest BCUT2D eigenvalue weighted by Gasteiger charge is -2.25. The van der Waals surface area contributed by atoms with Gasteiger partial charge in [0.25, 0.3) is 0 Å². The van der Waals surface area contributed by atoms with Gasteiger partial charge in [-0.1, -0.05) is 42.5 Å². The average Bonchev–Trinajstić information content (AvgIpc) is 3.46. The van der Waals surface area contributed by atoms with Gasteiger partial charge in [0.05, 0.1) is 11.9 Å². The van der Waals surface area contributed by atoms with Crippen molar-refractivity contribution in [2.45, 2.75) is 6.42 Å². The Balaban J connectivity index is 1.25. The van der Waals surface area contributed by atoms with Crippen molar-refractivity contribution in [3.05, 3.63) is 96.5 Å². The number of hydrogen-bond acceptors (Lipinski definition) is 2. The summed E-state index contributed by atoms with van der Waals surface area (Å²) >= 11 is 0. The van der Waals surface area contributed by atoms with Crippen LogP contribution in [0.25, 0.3) is 28.2 Å². The van der Waals surface area contributed by atoms with E-state index in [0.29, 0.717) is 6.54 Å². The van der Waals surface area contributed by atoms with Crippen molar-refractivity contribution in [3.8, 4) is 5.69 Å². The van der Waals surface area contributed by atoms with Crippen molar-refractivity contribution in [2.24, 2.45) is 0 Å². The van der Waals surface area contributed by atoms with Crippen molar-refractivity contribution < 1.29 is 4.79 Å². The maximum absolute atomic E-state index is 12.6. The number of nitrogens with one attached hydrogen (secondary N) is 1. The molecule has 0 atom stereocenters. The molecule has 5 heteroatoms. The lowest BCUT2D eigenvalue weighted by molar-refractivity contribution is -0.125. The highest BCUT2D eigenvalue weighted by atomic mass is 16.2. The van der Waals surface area contributed by atoms with Crippen LogP contribution in [0.2, 0.25) is 0 Å². The fourth-order valence-corrected chi connectivity index (χ4v) is 3.87. The van der Waals surface area contributed by atoms with Crippen LogP contribution in [0.4, 0.5) is 0 Å². The van der Waals surface area contributed by atoms with Gasteiger partial charge in [-0.05, 0) is 36.3 Å². The van der Waals surface area contributed by atoms with Crippen LogP contribution in [0.1, 0.15) is 17.5 Å². The lowest BCUT2D eigenvalue weighted by atomic mass is 9.99. The number of fused-ring (bicyclic) bond motifs is 1. The van der Waals surface area contributed by atoms with Crippen LogP contribution in [-0.2, 0) is 4.79 Å². The maximum atomic E-state index is 12.6. The highest BCUT2D eigenvalue weighted by Gasteiger charge is 2.18. The summed E-state index contributed by atoms with van der Waals surface area (Å²) in [7, 11) is 0. The van der Waals surface area contributed by atoms with Crippen molar-refractivity contribution in [1.82, 2.24) is 19.7 Å². The maximum Gasteiger partial charge on any atom is 0.246 e. The zero-order valence-electron chi connectivity index (χ0n) is 16.5. The molecule has 0 spiro atoms. The van der Waals surface area contributed by atoms with E-state index in [-0.39, 0.29) is 5.91 Å². The number of amides is 1. The largest absolute Gasteiger partial charge is 0.361 e. The molecule has 2 aromatic carbocycles. The molecule has 0 saturated heterocycles. The number of benzene rings is 2. The molecule has 1 N–H and O–H groups in total. The van der Waals surface area contributed by atoms with Gasteiger partial charge in [0, 0.05) is 53.6 Å². The molecule has 148 valence electrons. The monoisotopic (exact) mass is 394 g/mol. The fourth-order valence-electron chi connectivity index (χ4n) is 3.87. The summed E-state index contributed by atoms with van der Waals surface area (Å²) in [5, 5.41) is 5.60. The standard InChI is InChI=1S/C25H22N4O/c30-25(11-10-19-16-27-29(18-19)21-6-2-1-3-7-21)28-14-12-20(13-15-28)23-17-26-24-9-5-4-8-22(23)24/h1-12,16-18,26H,13-15H2/b11-10+. The summed E-state index contributed by atoms with van der Waals surface area (Å²) in [6, 6.07) is 18.2. The highest BCUT2D eigenvalue weighted by Crippen LogP contribution is 2.29. The van der Waals surface area contributed by atoms with Crippen LogP contribution in [0.5, 0.6) is 0 Å². The van der Waals surface area contributed by atoms with Gasteiger partial charge in [-0.15, -0.1) is 0 Å². The molecule has 1 aliphatic rings. The molecule has 0 unspecified atom stereocenters. The number of hydrogen-bond donors (Lipinski definition) is 1. The molecule has 1 aliphatic heterocycles. The smallest absolute Gasteiger partial charge is 0.246 e. The Bertz CT molecular complexity index is 1250. The summed E-state index contributed by atoms with van der Waals surface area (Å²) in [5.74, 6) is 0.0247. The first kappa shape index (κ1) is 18.2. The first-order chi connectivity index (χ1) is 14.8. The van der Waals surface area contributed by atoms with E-state index in [2.05, 4.69) is 40.6 Å². The first-order valence-corrected chi connectivity index (χ1v) is 10.1. The number of para-hydroxylation sites is 2. The van der Waals surface area contributed by atoms with Crippen LogP contribution in [0.3, 0.4) is 0 Å². The molecule has 0 radical (unpaired) electrons. The highest BCUT2D eigenvalue weighted by molar-refractivity contribution is 5.95. The van der Waals surface area contributed by atoms with Crippen molar-refractivity contribution in [2.75, 3.05) is 13.1 Å². The molecule has 5 rings (SSSR count). The summed E-state index contributed by atoms with van der Waals surface area (Å²) < 4.78 is 1.81. The third-order valence-electron chi connectivity index (χ3n) is 5.50. The second kappa shape index (κ2) is 7.87. The van der Waals surface area contributed by atoms with E-state index in [9.17, 15) is 4.79 Å². The zero-order chi connectivity index (χ0) is 20.3. The number of aromatic amines is 1. The minimum absolute atomic E-state index is 0.0247. The van der Waals surface area contributed by atoms with Crippen LogP contribution in [0, 0.1) is 0 Å². The molecular formula is C25H22N4O. The zero-order valence-corrected chi connectivity index (χ0v) is 16.5. The Morgan fingerprint density at radius 3 is 2.73 bits per heavy atom. The molecule has 5 nitrogen and oxygen atoms in total. The Morgan fingerprint density at radius 2 is 1.90 bits per heavy atom. The van der Waals surface area contributed by atoms with Crippen molar-refractivity contribution in [1.29, 1.82) is 0 Å². The number of carbonyl (C=O) groups is 1. The Labute approximate surface area is 174 Å². The Morgan fingerprint density at radius 1 is 1.07 bits per heavy atom. The molecule has 0 aliphatic carbocycles. The number of aromatic nitrogens is 3. The number of rotatable bonds is 4. The second-order valence-electron chi connectivity index (χ2n) is 7.40. The second-order valence-corrected chi connectivity index (χ2v) is 7.40. The average molecular weight is 394 g/mol. The van der Waals surface area contributed by atoms with E-state index < -0.39 is 0 Å². The van der Waals surface area contributed by atoms with Gasteiger partial charge >= 0.3 is 0 Å². The number of H-pyrrole nitrogens is 1. The summed E-state index contributed by atoms with van der Waals surface area (Å²) in [6.07, 6.45) is 12.2. The van der Waals surface area contributed by atoms with Crippen LogP contribution in [-0.4, -0.2) is 38.7 Å². The van der Waals surface area contributed by atoms with E-state index in [1.54, 1.807) is 17.0 Å². The molecule has 1 amide bonds. The third-order valence-corrected chi connectivity index (χ3v) is 5.50. The van der Waals surface area contributed by atoms with Crippen LogP contribution < -0.4 is 0 Å². The van der Waals surface area contributed by atoms with Gasteiger partial charge in [-0.2, -0.15) is 5.10 Å². The minimum Gasteiger partial charge on any atom is -0.361 e. The topological polar surface area (TPSA) is 53.9 Å². The molecule has 3 heterocycles. The van der Waals surface area contributed by atoms with Gasteiger partial charge < -0.3 is 9.88 Å². The van der Waals surface area contributed by atoms with Gasteiger partial charge in [-0.25, -0.2) is 4.68 Å². The molecule has 2 aromatic heterocycles. The fraction of sp³-hybridized carbons (Fsp3) is 0.120. The SMILES string of the molecule is O=C(/C=C/c1cnn(-c2ccccc2)c1)N1CC=C(c2c[nH]c3ccccc23)CC1. The van der Waals surface area contributed by atoms with Crippen LogP contribution >= 0.6 is 0 Å². The van der Waals surface area contributed by atoms with E-state index in [1.165, 1.54) is 16.5 Å². The summed E-state index contributed by atoms with van der Waals surface area (Å²) in [4.78, 5) is 17.8. The quantitative estimate of drug-likeness (QED) is 0.511. The van der Waals surface area contributed by atoms with Gasteiger partial charge in [0.1, 0.15) is 0 Å². The molecule has 0 saturated carbocycles. The Kier molecular flexibility index (Phi) is 4.77. The summed E-state index contributed by atoms with van der Waals surface area (Å²) in [6.45, 7) is 1.35. The van der Waals surface area contributed by atoms with E-state index in [0.717, 1.165) is 29.7 Å². The lowest BCUT2D eigenvalue weighted by Crippen LogP contribution is -2.33. The first-order valence-electron chi connectivity index (χ1n) is 10.1. The van der Waals surface area contributed by atoms with Gasteiger partial charge in [-0.3, -0.25) is 4.79 Å². The van der Waals surface area contributed by atoms with E-state index in [1.807, 2.05) is 53.6 Å². The number of carbonyl (C=O) groups excluding carboxylic acids is 1. The van der Waals surface area contributed by atoms with Crippen LogP contribution in [0.15, 0.2) is 85.3 Å². The van der Waals surface area contributed by atoms with Gasteiger partial charge in [0.2, 0.25) is 5.91 Å². The minimum atomic E-state index is 0.0247. The molecule has 0 bridgehead atoms. The predicted molar refractivity (Wildman–Crippen MR) is 120 cm³/mol. The molecular weight excluding hydrogens is 372 g/mol. The molecule has 4 aromatic rings. The van der Waals surface area contributed by atoms with Gasteiger partial charge in [0.15, 0.2) is 0 Å². The molecule has 30 heavy (non-hydrogen) atoms.